The van der Waals surface area contributed by atoms with Gasteiger partial charge in [0.2, 0.25) is 0 Å². The first kappa shape index (κ1) is 10.9. The third-order valence-electron chi connectivity index (χ3n) is 2.26. The molecule has 1 aliphatic rings. The van der Waals surface area contributed by atoms with Gasteiger partial charge in [-0.15, -0.1) is 0 Å². The number of carboxylic acid groups (broad SMARTS) is 1. The van der Waals surface area contributed by atoms with Gasteiger partial charge < -0.3 is 10.0 Å². The number of rotatable bonds is 2. The average molecular weight is 207 g/mol. The van der Waals surface area contributed by atoms with E-state index < -0.39 is 24.3 Å². The number of carbonyl (C=O) groups excluding carboxylic acids is 1. The van der Waals surface area contributed by atoms with E-state index in [1.165, 1.54) is 0 Å². The second-order valence-corrected chi connectivity index (χ2v) is 3.18. The third-order valence-corrected chi connectivity index (χ3v) is 2.26. The molecule has 80 valence electrons. The summed E-state index contributed by atoms with van der Waals surface area (Å²) in [4.78, 5) is 22.3. The Labute approximate surface area is 79.5 Å². The number of hydrogen-bond donors (Lipinski definition) is 1. The van der Waals surface area contributed by atoms with Crippen LogP contribution in [-0.4, -0.2) is 40.9 Å². The van der Waals surface area contributed by atoms with Crippen LogP contribution < -0.4 is 0 Å². The topological polar surface area (TPSA) is 57.6 Å². The number of piperidine rings is 1. The maximum Gasteiger partial charge on any atom is 0.326 e. The predicted octanol–water partition coefficient (Wildman–Crippen LogP) is 0.717. The lowest BCUT2D eigenvalue weighted by Gasteiger charge is -2.32. The average Bonchev–Trinajstić information content (AvgIpc) is 2.16. The molecule has 6 heteroatoms. The lowest BCUT2D eigenvalue weighted by molar-refractivity contribution is -0.157. The Hall–Kier alpha value is -1.20. The molecule has 1 heterocycles. The Morgan fingerprint density at radius 2 is 2.00 bits per heavy atom. The molecule has 0 spiro atoms. The van der Waals surface area contributed by atoms with Gasteiger partial charge in [-0.3, -0.25) is 4.79 Å². The Kier molecular flexibility index (Phi) is 3.38. The van der Waals surface area contributed by atoms with Crippen LogP contribution in [0.25, 0.3) is 0 Å². The van der Waals surface area contributed by atoms with Crippen LogP contribution in [0.5, 0.6) is 0 Å². The zero-order valence-corrected chi connectivity index (χ0v) is 7.45. The molecule has 0 bridgehead atoms. The minimum absolute atomic E-state index is 0.111. The summed E-state index contributed by atoms with van der Waals surface area (Å²) >= 11 is 0. The van der Waals surface area contributed by atoms with E-state index in [0.717, 1.165) is 4.90 Å². The van der Waals surface area contributed by atoms with Gasteiger partial charge in [0, 0.05) is 6.54 Å². The number of likely N-dealkylation sites (tertiary alicyclic amines) is 1. The number of hydrogen-bond acceptors (Lipinski definition) is 2. The molecule has 0 aliphatic carbocycles. The van der Waals surface area contributed by atoms with Gasteiger partial charge in [0.1, 0.15) is 6.04 Å². The summed E-state index contributed by atoms with van der Waals surface area (Å²) < 4.78 is 24.1. The first-order valence-electron chi connectivity index (χ1n) is 4.35. The summed E-state index contributed by atoms with van der Waals surface area (Å²) in [6.07, 6.45) is -1.62. The van der Waals surface area contributed by atoms with Crippen molar-refractivity contribution in [2.45, 2.75) is 31.7 Å². The van der Waals surface area contributed by atoms with Crippen LogP contribution in [0, 0.1) is 0 Å². The van der Waals surface area contributed by atoms with Gasteiger partial charge in [0.25, 0.3) is 5.91 Å². The molecule has 1 saturated heterocycles. The molecule has 1 aliphatic heterocycles. The minimum Gasteiger partial charge on any atom is -0.480 e. The second kappa shape index (κ2) is 4.34. The highest BCUT2D eigenvalue weighted by atomic mass is 19.3. The molecule has 14 heavy (non-hydrogen) atoms. The highest BCUT2D eigenvalue weighted by Gasteiger charge is 2.35. The van der Waals surface area contributed by atoms with Crippen LogP contribution in [0.3, 0.4) is 0 Å². The van der Waals surface area contributed by atoms with Crippen LogP contribution in [0.15, 0.2) is 0 Å². The van der Waals surface area contributed by atoms with Gasteiger partial charge >= 0.3 is 12.4 Å². The molecule has 0 aromatic rings. The normalized spacial score (nSPS) is 22.5. The zero-order chi connectivity index (χ0) is 10.7. The molecule has 1 fully saturated rings. The minimum atomic E-state index is -3.12. The smallest absolute Gasteiger partial charge is 0.326 e. The molecule has 1 N–H and O–H groups in total. The summed E-state index contributed by atoms with van der Waals surface area (Å²) in [7, 11) is 0. The van der Waals surface area contributed by atoms with Crippen molar-refractivity contribution in [1.82, 2.24) is 4.90 Å². The number of halogens is 2. The fourth-order valence-electron chi connectivity index (χ4n) is 1.58. The number of aliphatic carboxylic acids is 1. The van der Waals surface area contributed by atoms with Crippen molar-refractivity contribution in [3.8, 4) is 0 Å². The fraction of sp³-hybridized carbons (Fsp3) is 0.750. The van der Waals surface area contributed by atoms with Gasteiger partial charge in [0.05, 0.1) is 0 Å². The highest BCUT2D eigenvalue weighted by molar-refractivity contribution is 5.85. The number of amides is 1. The molecule has 0 saturated carbocycles. The molecule has 4 nitrogen and oxygen atoms in total. The maximum atomic E-state index is 12.1. The third kappa shape index (κ3) is 2.18. The summed E-state index contributed by atoms with van der Waals surface area (Å²) in [6, 6.07) is -1.08. The SMILES string of the molecule is O=C(O)[C@@H]1CCCCN1C(=O)C(F)F. The van der Waals surface area contributed by atoms with E-state index in [-0.39, 0.29) is 13.0 Å². The van der Waals surface area contributed by atoms with E-state index in [4.69, 9.17) is 5.11 Å². The van der Waals surface area contributed by atoms with Crippen molar-refractivity contribution in [3.05, 3.63) is 0 Å². The van der Waals surface area contributed by atoms with Gasteiger partial charge in [-0.1, -0.05) is 0 Å². The summed E-state index contributed by atoms with van der Waals surface area (Å²) in [5, 5.41) is 8.70. The molecule has 0 aromatic heterocycles. The van der Waals surface area contributed by atoms with Crippen LogP contribution in [0.1, 0.15) is 19.3 Å². The van der Waals surface area contributed by atoms with Gasteiger partial charge in [-0.05, 0) is 19.3 Å². The van der Waals surface area contributed by atoms with Crippen molar-refractivity contribution in [3.63, 3.8) is 0 Å². The summed E-state index contributed by atoms with van der Waals surface area (Å²) in [6.45, 7) is 0.111. The number of nitrogens with zero attached hydrogens (tertiary/aromatic N) is 1. The summed E-state index contributed by atoms with van der Waals surface area (Å²) in [5.74, 6) is -2.59. The van der Waals surface area contributed by atoms with Gasteiger partial charge in [-0.2, -0.15) is 8.78 Å². The molecular formula is C8H11F2NO3. The fourth-order valence-corrected chi connectivity index (χ4v) is 1.58. The largest absolute Gasteiger partial charge is 0.480 e. The van der Waals surface area contributed by atoms with Crippen LogP contribution >= 0.6 is 0 Å². The van der Waals surface area contributed by atoms with Crippen molar-refractivity contribution in [2.24, 2.45) is 0 Å². The first-order valence-corrected chi connectivity index (χ1v) is 4.35. The molecule has 1 atom stereocenters. The Morgan fingerprint density at radius 3 is 2.50 bits per heavy atom. The van der Waals surface area contributed by atoms with E-state index in [1.807, 2.05) is 0 Å². The highest BCUT2D eigenvalue weighted by Crippen LogP contribution is 2.19. The van der Waals surface area contributed by atoms with Crippen molar-refractivity contribution < 1.29 is 23.5 Å². The number of carboxylic acids is 1. The van der Waals surface area contributed by atoms with E-state index in [2.05, 4.69) is 0 Å². The van der Waals surface area contributed by atoms with Crippen molar-refractivity contribution in [1.29, 1.82) is 0 Å². The van der Waals surface area contributed by atoms with Gasteiger partial charge in [-0.25, -0.2) is 4.79 Å². The molecule has 0 radical (unpaired) electrons. The standard InChI is InChI=1S/C8H11F2NO3/c9-6(10)7(12)11-4-2-1-3-5(11)8(13)14/h5-6H,1-4H2,(H,13,14)/t5-/m0/s1. The van der Waals surface area contributed by atoms with Crippen LogP contribution in [0.4, 0.5) is 8.78 Å². The Bertz CT molecular complexity index is 245. The van der Waals surface area contributed by atoms with E-state index in [9.17, 15) is 18.4 Å². The van der Waals surface area contributed by atoms with Crippen molar-refractivity contribution in [2.75, 3.05) is 6.54 Å². The first-order chi connectivity index (χ1) is 6.54. The second-order valence-electron chi connectivity index (χ2n) is 3.18. The number of alkyl halides is 2. The van der Waals surface area contributed by atoms with E-state index in [1.54, 1.807) is 0 Å². The lowest BCUT2D eigenvalue weighted by atomic mass is 10.0. The summed E-state index contributed by atoms with van der Waals surface area (Å²) in [5.41, 5.74) is 0. The molecule has 1 amide bonds. The number of carbonyl (C=O) groups is 2. The van der Waals surface area contributed by atoms with E-state index >= 15 is 0 Å². The van der Waals surface area contributed by atoms with E-state index in [0.29, 0.717) is 12.8 Å². The van der Waals surface area contributed by atoms with Crippen LogP contribution in [-0.2, 0) is 9.59 Å². The Balaban J connectivity index is 2.72. The van der Waals surface area contributed by atoms with Gasteiger partial charge in [0.15, 0.2) is 0 Å². The monoisotopic (exact) mass is 207 g/mol. The van der Waals surface area contributed by atoms with Crippen LogP contribution in [0.2, 0.25) is 0 Å². The zero-order valence-electron chi connectivity index (χ0n) is 7.45. The quantitative estimate of drug-likeness (QED) is 0.725. The maximum absolute atomic E-state index is 12.1. The molecule has 0 unspecified atom stereocenters. The molecular weight excluding hydrogens is 196 g/mol. The van der Waals surface area contributed by atoms with Crippen molar-refractivity contribution >= 4 is 11.9 Å². The molecule has 1 rings (SSSR count). The lowest BCUT2D eigenvalue weighted by Crippen LogP contribution is -2.50. The Morgan fingerprint density at radius 1 is 1.36 bits per heavy atom. The molecule has 0 aromatic carbocycles. The predicted molar refractivity (Wildman–Crippen MR) is 43.0 cm³/mol.